The molecule has 0 saturated carbocycles. The number of carbonyl (C=O) groups excluding carboxylic acids is 1. The Hall–Kier alpha value is -3.53. The number of halogens is 2. The normalized spacial score (nSPS) is 16.1. The van der Waals surface area contributed by atoms with E-state index in [-0.39, 0.29) is 29.9 Å². The fraction of sp³-hybridized carbons (Fsp3) is 0.400. The molecule has 2 atom stereocenters. The van der Waals surface area contributed by atoms with E-state index in [9.17, 15) is 13.6 Å². The third-order valence-electron chi connectivity index (χ3n) is 6.40. The lowest BCUT2D eigenvalue weighted by Crippen LogP contribution is -2.52. The van der Waals surface area contributed by atoms with Gasteiger partial charge in [0.2, 0.25) is 11.7 Å². The molecular formula is C25H29F2N5O3. The Kier molecular flexibility index (Phi) is 7.02. The lowest BCUT2D eigenvalue weighted by Gasteiger charge is -2.38. The number of aryl methyl sites for hydroxylation is 3. The summed E-state index contributed by atoms with van der Waals surface area (Å²) < 4.78 is 40.1. The number of ether oxygens (including phenoxy) is 2. The van der Waals surface area contributed by atoms with Gasteiger partial charge in [-0.1, -0.05) is 6.07 Å². The van der Waals surface area contributed by atoms with Crippen LogP contribution >= 0.6 is 0 Å². The Morgan fingerprint density at radius 2 is 1.97 bits per heavy atom. The highest BCUT2D eigenvalue weighted by atomic mass is 19.2. The first kappa shape index (κ1) is 24.6. The first-order chi connectivity index (χ1) is 16.7. The fourth-order valence-electron chi connectivity index (χ4n) is 4.38. The fourth-order valence-corrected chi connectivity index (χ4v) is 4.38. The molecule has 1 aliphatic rings. The van der Waals surface area contributed by atoms with E-state index in [1.165, 1.54) is 19.2 Å². The van der Waals surface area contributed by atoms with Crippen molar-refractivity contribution >= 4 is 17.3 Å². The maximum atomic E-state index is 14.3. The van der Waals surface area contributed by atoms with Gasteiger partial charge in [0.25, 0.3) is 0 Å². The first-order valence-electron chi connectivity index (χ1n) is 11.3. The molecule has 2 aromatic heterocycles. The third kappa shape index (κ3) is 4.84. The van der Waals surface area contributed by atoms with Crippen LogP contribution < -0.4 is 15.0 Å². The Labute approximate surface area is 202 Å². The van der Waals surface area contributed by atoms with Crippen LogP contribution in [0.5, 0.6) is 5.75 Å². The van der Waals surface area contributed by atoms with Crippen LogP contribution in [0.3, 0.4) is 0 Å². The summed E-state index contributed by atoms with van der Waals surface area (Å²) in [5.41, 5.74) is 4.37. The maximum absolute atomic E-state index is 14.3. The van der Waals surface area contributed by atoms with Crippen LogP contribution in [0.25, 0.3) is 0 Å². The van der Waals surface area contributed by atoms with Gasteiger partial charge in [-0.25, -0.2) is 4.39 Å². The van der Waals surface area contributed by atoms with Gasteiger partial charge in [0.15, 0.2) is 11.6 Å². The molecule has 0 spiro atoms. The van der Waals surface area contributed by atoms with Crippen molar-refractivity contribution in [2.45, 2.75) is 45.4 Å². The number of likely N-dealkylation sites (N-methyl/N-ethyl adjacent to an activating group) is 1. The number of carbonyl (C=O) groups is 1. The summed E-state index contributed by atoms with van der Waals surface area (Å²) in [5, 5.41) is 7.26. The van der Waals surface area contributed by atoms with Crippen LogP contribution in [-0.2, 0) is 28.9 Å². The molecule has 186 valence electrons. The molecule has 1 amide bonds. The summed E-state index contributed by atoms with van der Waals surface area (Å²) in [6, 6.07) is 4.44. The Bertz CT molecular complexity index is 1250. The van der Waals surface area contributed by atoms with E-state index in [1.54, 1.807) is 18.0 Å². The number of benzene rings is 1. The lowest BCUT2D eigenvalue weighted by molar-refractivity contribution is -0.120. The molecule has 0 fully saturated rings. The van der Waals surface area contributed by atoms with E-state index >= 15 is 0 Å². The van der Waals surface area contributed by atoms with Gasteiger partial charge in [0.1, 0.15) is 6.04 Å². The van der Waals surface area contributed by atoms with Crippen LogP contribution in [0.15, 0.2) is 30.6 Å². The summed E-state index contributed by atoms with van der Waals surface area (Å²) in [6.45, 7) is 3.84. The topological polar surface area (TPSA) is 81.5 Å². The molecule has 0 aliphatic carbocycles. The van der Waals surface area contributed by atoms with Crippen LogP contribution in [0.1, 0.15) is 29.4 Å². The van der Waals surface area contributed by atoms with E-state index in [1.807, 2.05) is 38.1 Å². The van der Waals surface area contributed by atoms with Crippen LogP contribution in [0.4, 0.5) is 20.2 Å². The number of anilines is 2. The highest BCUT2D eigenvalue weighted by Crippen LogP contribution is 2.35. The molecule has 0 unspecified atom stereocenters. The highest BCUT2D eigenvalue weighted by Gasteiger charge is 2.36. The number of hydrogen-bond acceptors (Lipinski definition) is 6. The number of methoxy groups -OCH3 is 2. The largest absolute Gasteiger partial charge is 0.494 e. The quantitative estimate of drug-likeness (QED) is 0.526. The van der Waals surface area contributed by atoms with Crippen molar-refractivity contribution in [3.05, 3.63) is 64.7 Å². The van der Waals surface area contributed by atoms with Gasteiger partial charge < -0.3 is 19.7 Å². The average molecular weight is 486 g/mol. The summed E-state index contributed by atoms with van der Waals surface area (Å²) in [5.74, 6) is -2.19. The molecule has 10 heteroatoms. The SMILES string of the molecule is COc1ccc(Cn2cc(CCc3cc4c(c(C)n3)NC(=O)[C@H]([C@@H](C)OC)N4C)cn2)c(F)c1F. The zero-order valence-corrected chi connectivity index (χ0v) is 20.4. The van der Waals surface area contributed by atoms with Gasteiger partial charge in [-0.05, 0) is 44.4 Å². The van der Waals surface area contributed by atoms with E-state index < -0.39 is 17.7 Å². The average Bonchev–Trinajstić information content (AvgIpc) is 3.29. The van der Waals surface area contributed by atoms with Crippen molar-refractivity contribution in [2.75, 3.05) is 31.5 Å². The zero-order chi connectivity index (χ0) is 25.3. The number of hydrogen-bond donors (Lipinski definition) is 1. The monoisotopic (exact) mass is 485 g/mol. The number of nitrogens with zero attached hydrogens (tertiary/aromatic N) is 4. The minimum absolute atomic E-state index is 0.104. The second kappa shape index (κ2) is 9.99. The summed E-state index contributed by atoms with van der Waals surface area (Å²) >= 11 is 0. The predicted octanol–water partition coefficient (Wildman–Crippen LogP) is 3.50. The van der Waals surface area contributed by atoms with Crippen molar-refractivity contribution < 1.29 is 23.0 Å². The first-order valence-corrected chi connectivity index (χ1v) is 11.3. The summed E-state index contributed by atoms with van der Waals surface area (Å²) in [4.78, 5) is 19.2. The third-order valence-corrected chi connectivity index (χ3v) is 6.40. The van der Waals surface area contributed by atoms with Gasteiger partial charge >= 0.3 is 0 Å². The number of nitrogens with one attached hydrogen (secondary N) is 1. The van der Waals surface area contributed by atoms with Crippen LogP contribution in [0, 0.1) is 18.6 Å². The number of rotatable bonds is 8. The molecule has 4 rings (SSSR count). The minimum atomic E-state index is -1.01. The number of fused-ring (bicyclic) bond motifs is 1. The van der Waals surface area contributed by atoms with Crippen molar-refractivity contribution in [1.82, 2.24) is 14.8 Å². The van der Waals surface area contributed by atoms with Crippen molar-refractivity contribution in [1.29, 1.82) is 0 Å². The molecule has 1 aromatic carbocycles. The number of aromatic nitrogens is 3. The van der Waals surface area contributed by atoms with E-state index in [4.69, 9.17) is 9.47 Å². The molecule has 8 nitrogen and oxygen atoms in total. The molecule has 0 radical (unpaired) electrons. The number of pyridine rings is 1. The standard InChI is InChI=1S/C25H29F2N5O3/c1-14-23-19(31(3)24(15(2)34-4)25(33)30-23)10-18(29-14)8-6-16-11-28-32(12-16)13-17-7-9-20(35-5)22(27)21(17)26/h7,9-12,15,24H,6,8,13H2,1-5H3,(H,30,33)/t15-,24+/m1/s1. The van der Waals surface area contributed by atoms with Gasteiger partial charge in [-0.3, -0.25) is 14.5 Å². The Morgan fingerprint density at radius 1 is 1.20 bits per heavy atom. The molecule has 3 heterocycles. The van der Waals surface area contributed by atoms with Gasteiger partial charge in [0.05, 0.1) is 43.0 Å². The molecule has 1 N–H and O–H groups in total. The minimum Gasteiger partial charge on any atom is -0.494 e. The maximum Gasteiger partial charge on any atom is 0.249 e. The van der Waals surface area contributed by atoms with Crippen molar-refractivity contribution in [3.8, 4) is 5.75 Å². The zero-order valence-electron chi connectivity index (χ0n) is 20.4. The molecule has 1 aliphatic heterocycles. The summed E-state index contributed by atoms with van der Waals surface area (Å²) in [7, 11) is 4.76. The Morgan fingerprint density at radius 3 is 2.69 bits per heavy atom. The van der Waals surface area contributed by atoms with Crippen LogP contribution in [-0.4, -0.2) is 54.1 Å². The van der Waals surface area contributed by atoms with Gasteiger partial charge in [-0.15, -0.1) is 0 Å². The van der Waals surface area contributed by atoms with Gasteiger partial charge in [0, 0.05) is 31.6 Å². The Balaban J connectivity index is 1.47. The number of amides is 1. The molecule has 0 bridgehead atoms. The van der Waals surface area contributed by atoms with E-state index in [0.717, 1.165) is 22.6 Å². The second-order valence-electron chi connectivity index (χ2n) is 8.68. The van der Waals surface area contributed by atoms with Crippen molar-refractivity contribution in [2.24, 2.45) is 0 Å². The molecule has 35 heavy (non-hydrogen) atoms. The molecule has 0 saturated heterocycles. The predicted molar refractivity (Wildman–Crippen MR) is 128 cm³/mol. The molecule has 3 aromatic rings. The second-order valence-corrected chi connectivity index (χ2v) is 8.68. The summed E-state index contributed by atoms with van der Waals surface area (Å²) in [6.07, 6.45) is 4.57. The molecular weight excluding hydrogens is 456 g/mol. The smallest absolute Gasteiger partial charge is 0.249 e. The van der Waals surface area contributed by atoms with E-state index in [2.05, 4.69) is 15.4 Å². The lowest BCUT2D eigenvalue weighted by atomic mass is 10.0. The van der Waals surface area contributed by atoms with Crippen LogP contribution in [0.2, 0.25) is 0 Å². The van der Waals surface area contributed by atoms with Gasteiger partial charge in [-0.2, -0.15) is 9.49 Å². The highest BCUT2D eigenvalue weighted by molar-refractivity contribution is 6.04. The van der Waals surface area contributed by atoms with Crippen molar-refractivity contribution in [3.63, 3.8) is 0 Å². The van der Waals surface area contributed by atoms with E-state index in [0.29, 0.717) is 18.5 Å².